The Kier molecular flexibility index (Phi) is 7.04. The molecule has 0 bridgehead atoms. The molecule has 1 rings (SSSR count). The highest BCUT2D eigenvalue weighted by molar-refractivity contribution is 8.76. The molecule has 2 N–H and O–H groups in total. The number of carbonyl (C=O) groups excluding carboxylic acids is 1. The van der Waals surface area contributed by atoms with Crippen LogP contribution in [-0.4, -0.2) is 29.0 Å². The largest absolute Gasteiger partial charge is 0.443 e. The van der Waals surface area contributed by atoms with Crippen LogP contribution in [0.5, 0.6) is 0 Å². The summed E-state index contributed by atoms with van der Waals surface area (Å²) < 4.78 is 5.08. The number of aromatic nitrogens is 1. The number of hydrogen-bond donors (Lipinski definition) is 2. The topological polar surface area (TPSA) is 63.2 Å². The average Bonchev–Trinajstić information content (AvgIpc) is 2.32. The highest BCUT2D eigenvalue weighted by Crippen LogP contribution is 2.28. The highest BCUT2D eigenvalue weighted by atomic mass is 33.1. The Morgan fingerprint density at radius 3 is 2.84 bits per heavy atom. The monoisotopic (exact) mass is 301 g/mol. The molecular formula is C12H19N3O2S2. The minimum atomic E-state index is -0.477. The van der Waals surface area contributed by atoms with Gasteiger partial charge in [-0.2, -0.15) is 0 Å². The summed E-state index contributed by atoms with van der Waals surface area (Å²) in [4.78, 5) is 15.5. The summed E-state index contributed by atoms with van der Waals surface area (Å²) in [6.45, 7) is 6.13. The molecule has 0 radical (unpaired) electrons. The lowest BCUT2D eigenvalue weighted by molar-refractivity contribution is 0.0500. The van der Waals surface area contributed by atoms with Gasteiger partial charge in [0, 0.05) is 18.5 Å². The Bertz CT molecular complexity index is 382. The first kappa shape index (κ1) is 16.1. The van der Waals surface area contributed by atoms with Crippen molar-refractivity contribution in [2.75, 3.05) is 12.3 Å². The van der Waals surface area contributed by atoms with Crippen LogP contribution in [0.2, 0.25) is 0 Å². The fraction of sp³-hybridized carbons (Fsp3) is 0.500. The van der Waals surface area contributed by atoms with Crippen molar-refractivity contribution in [3.8, 4) is 0 Å². The Morgan fingerprint density at radius 2 is 2.21 bits per heavy atom. The van der Waals surface area contributed by atoms with E-state index in [2.05, 4.69) is 15.8 Å². The number of amides is 1. The molecule has 19 heavy (non-hydrogen) atoms. The van der Waals surface area contributed by atoms with E-state index in [1.165, 1.54) is 0 Å². The summed E-state index contributed by atoms with van der Waals surface area (Å²) in [6.07, 6.45) is 1.31. The predicted molar refractivity (Wildman–Crippen MR) is 79.9 cm³/mol. The summed E-state index contributed by atoms with van der Waals surface area (Å²) >= 11 is 0. The number of pyridine rings is 1. The van der Waals surface area contributed by atoms with Gasteiger partial charge in [-0.15, -0.1) is 0 Å². The molecule has 0 unspecified atom stereocenters. The lowest BCUT2D eigenvalue weighted by Crippen LogP contribution is -2.42. The van der Waals surface area contributed by atoms with Crippen molar-refractivity contribution in [2.24, 2.45) is 0 Å². The first-order chi connectivity index (χ1) is 8.97. The molecule has 0 spiro atoms. The average molecular weight is 301 g/mol. The predicted octanol–water partition coefficient (Wildman–Crippen LogP) is 2.85. The van der Waals surface area contributed by atoms with Crippen molar-refractivity contribution < 1.29 is 9.53 Å². The molecule has 0 aromatic carbocycles. The van der Waals surface area contributed by atoms with Gasteiger partial charge in [0.25, 0.3) is 0 Å². The van der Waals surface area contributed by atoms with Gasteiger partial charge in [-0.3, -0.25) is 5.43 Å². The van der Waals surface area contributed by atoms with Gasteiger partial charge in [-0.25, -0.2) is 15.2 Å². The number of nitrogens with one attached hydrogen (secondary N) is 2. The van der Waals surface area contributed by atoms with Crippen LogP contribution in [-0.2, 0) is 4.74 Å². The smallest absolute Gasteiger partial charge is 0.422 e. The molecule has 106 valence electrons. The van der Waals surface area contributed by atoms with Gasteiger partial charge in [0.15, 0.2) is 0 Å². The van der Waals surface area contributed by atoms with Crippen LogP contribution < -0.4 is 10.9 Å². The zero-order valence-electron chi connectivity index (χ0n) is 11.3. The van der Waals surface area contributed by atoms with E-state index in [-0.39, 0.29) is 0 Å². The molecule has 5 nitrogen and oxygen atoms in total. The molecule has 0 saturated heterocycles. The number of rotatable bonds is 6. The van der Waals surface area contributed by atoms with Crippen molar-refractivity contribution >= 4 is 27.7 Å². The molecule has 1 amide bonds. The third-order valence-corrected chi connectivity index (χ3v) is 3.95. The van der Waals surface area contributed by atoms with E-state index >= 15 is 0 Å². The molecular weight excluding hydrogens is 282 g/mol. The van der Waals surface area contributed by atoms with Gasteiger partial charge in [0.2, 0.25) is 0 Å². The first-order valence-electron chi connectivity index (χ1n) is 5.90. The normalized spacial score (nSPS) is 11.1. The summed E-state index contributed by atoms with van der Waals surface area (Å²) in [5.74, 6) is 0.844. The van der Waals surface area contributed by atoms with Crippen LogP contribution >= 0.6 is 21.6 Å². The maximum atomic E-state index is 11.3. The first-order valence-corrected chi connectivity index (χ1v) is 8.21. The number of nitrogens with zero attached hydrogens (tertiary/aromatic N) is 1. The van der Waals surface area contributed by atoms with Gasteiger partial charge in [0.05, 0.1) is 0 Å². The Morgan fingerprint density at radius 1 is 1.42 bits per heavy atom. The third kappa shape index (κ3) is 8.74. The number of carbonyl (C=O) groups is 1. The number of ether oxygens (including phenoxy) is 1. The van der Waals surface area contributed by atoms with Crippen LogP contribution in [0.15, 0.2) is 29.4 Å². The van der Waals surface area contributed by atoms with Crippen LogP contribution in [0.25, 0.3) is 0 Å². The molecule has 0 fully saturated rings. The lowest BCUT2D eigenvalue weighted by atomic mass is 10.2. The Hall–Kier alpha value is -0.920. The molecule has 1 aromatic rings. The second-order valence-electron chi connectivity index (χ2n) is 4.63. The minimum Gasteiger partial charge on any atom is -0.443 e. The second kappa shape index (κ2) is 8.29. The number of hydrazine groups is 1. The quantitative estimate of drug-likeness (QED) is 0.478. The summed E-state index contributed by atoms with van der Waals surface area (Å²) in [5.41, 5.74) is 4.83. The molecule has 7 heteroatoms. The van der Waals surface area contributed by atoms with Gasteiger partial charge < -0.3 is 4.74 Å². The summed E-state index contributed by atoms with van der Waals surface area (Å²) in [5, 5.41) is 0.979. The van der Waals surface area contributed by atoms with E-state index in [1.54, 1.807) is 27.8 Å². The summed E-state index contributed by atoms with van der Waals surface area (Å²) in [7, 11) is 3.28. The van der Waals surface area contributed by atoms with Crippen molar-refractivity contribution in [3.05, 3.63) is 24.4 Å². The van der Waals surface area contributed by atoms with Gasteiger partial charge in [0.1, 0.15) is 10.6 Å². The van der Waals surface area contributed by atoms with Crippen LogP contribution in [0.3, 0.4) is 0 Å². The second-order valence-corrected chi connectivity index (χ2v) is 7.06. The number of hydrogen-bond acceptors (Lipinski definition) is 6. The molecule has 0 aliphatic carbocycles. The van der Waals surface area contributed by atoms with Crippen LogP contribution in [0, 0.1) is 0 Å². The van der Waals surface area contributed by atoms with Crippen molar-refractivity contribution in [1.29, 1.82) is 0 Å². The minimum absolute atomic E-state index is 0.463. The molecule has 0 atom stereocenters. The Labute approximate surface area is 121 Å². The maximum Gasteiger partial charge on any atom is 0.422 e. The lowest BCUT2D eigenvalue weighted by Gasteiger charge is -2.19. The van der Waals surface area contributed by atoms with E-state index in [0.717, 1.165) is 10.8 Å². The molecule has 1 heterocycles. The maximum absolute atomic E-state index is 11.3. The van der Waals surface area contributed by atoms with Gasteiger partial charge >= 0.3 is 6.09 Å². The van der Waals surface area contributed by atoms with E-state index in [4.69, 9.17) is 4.74 Å². The fourth-order valence-electron chi connectivity index (χ4n) is 1.03. The highest BCUT2D eigenvalue weighted by Gasteiger charge is 2.15. The van der Waals surface area contributed by atoms with Crippen molar-refractivity contribution in [3.63, 3.8) is 0 Å². The zero-order valence-corrected chi connectivity index (χ0v) is 12.9. The fourth-order valence-corrected chi connectivity index (χ4v) is 2.81. The summed E-state index contributed by atoms with van der Waals surface area (Å²) in [6, 6.07) is 5.81. The molecule has 1 aromatic heterocycles. The van der Waals surface area contributed by atoms with E-state index < -0.39 is 11.7 Å². The SMILES string of the molecule is CC(C)(C)OC(=O)NNCCSSc1ccccn1. The van der Waals surface area contributed by atoms with E-state index in [9.17, 15) is 4.79 Å². The molecule has 0 aliphatic rings. The third-order valence-electron chi connectivity index (χ3n) is 1.68. The van der Waals surface area contributed by atoms with Crippen LogP contribution in [0.1, 0.15) is 20.8 Å². The van der Waals surface area contributed by atoms with Gasteiger partial charge in [-0.05, 0) is 43.7 Å². The molecule has 0 aliphatic heterocycles. The van der Waals surface area contributed by atoms with E-state index in [1.807, 2.05) is 39.0 Å². The zero-order chi connectivity index (χ0) is 14.1. The molecule has 0 saturated carbocycles. The van der Waals surface area contributed by atoms with Crippen molar-refractivity contribution in [1.82, 2.24) is 15.8 Å². The van der Waals surface area contributed by atoms with Gasteiger partial charge in [-0.1, -0.05) is 16.9 Å². The Balaban J connectivity index is 2.01. The van der Waals surface area contributed by atoms with Crippen LogP contribution in [0.4, 0.5) is 4.79 Å². The standard InChI is InChI=1S/C12H19N3O2S2/c1-12(2,3)17-11(16)15-14-8-9-18-19-10-6-4-5-7-13-10/h4-7,14H,8-9H2,1-3H3,(H,15,16). The van der Waals surface area contributed by atoms with E-state index in [0.29, 0.717) is 6.54 Å². The van der Waals surface area contributed by atoms with Crippen molar-refractivity contribution in [2.45, 2.75) is 31.4 Å².